The standard InChI is InChI=1S/C7H14INO/c1-10-7-5-3-2-4-6(7)9-8/h6-7,9H,2-5H2,1H3. The van der Waals surface area contributed by atoms with Gasteiger partial charge in [0.05, 0.1) is 6.10 Å². The molecule has 2 nitrogen and oxygen atoms in total. The quantitative estimate of drug-likeness (QED) is 0.601. The number of nitrogens with one attached hydrogen (secondary N) is 1. The van der Waals surface area contributed by atoms with Crippen molar-refractivity contribution in [3.63, 3.8) is 0 Å². The monoisotopic (exact) mass is 255 g/mol. The van der Waals surface area contributed by atoms with Gasteiger partial charge in [0.15, 0.2) is 0 Å². The van der Waals surface area contributed by atoms with Crippen molar-refractivity contribution in [1.82, 2.24) is 3.53 Å². The molecule has 2 unspecified atom stereocenters. The van der Waals surface area contributed by atoms with Crippen LogP contribution in [-0.4, -0.2) is 19.3 Å². The van der Waals surface area contributed by atoms with E-state index < -0.39 is 0 Å². The fourth-order valence-corrected chi connectivity index (χ4v) is 2.22. The minimum atomic E-state index is 0.450. The third-order valence-electron chi connectivity index (χ3n) is 2.15. The van der Waals surface area contributed by atoms with Gasteiger partial charge in [-0.1, -0.05) is 12.8 Å². The van der Waals surface area contributed by atoms with Gasteiger partial charge in [-0.25, -0.2) is 0 Å². The molecule has 1 aliphatic carbocycles. The SMILES string of the molecule is COC1CCCCC1NI. The molecule has 1 fully saturated rings. The summed E-state index contributed by atoms with van der Waals surface area (Å²) in [7, 11) is 1.80. The average Bonchev–Trinajstić information content (AvgIpc) is 2.04. The van der Waals surface area contributed by atoms with E-state index in [1.807, 2.05) is 0 Å². The van der Waals surface area contributed by atoms with Crippen molar-refractivity contribution in [2.75, 3.05) is 7.11 Å². The Bertz CT molecular complexity index is 87.6. The average molecular weight is 255 g/mol. The maximum Gasteiger partial charge on any atom is 0.0731 e. The van der Waals surface area contributed by atoms with Gasteiger partial charge in [-0.2, -0.15) is 0 Å². The first-order chi connectivity index (χ1) is 4.88. The molecule has 2 atom stereocenters. The Hall–Kier alpha value is 0.650. The number of halogens is 1. The first kappa shape index (κ1) is 8.74. The molecule has 1 saturated carbocycles. The highest BCUT2D eigenvalue weighted by Gasteiger charge is 2.23. The van der Waals surface area contributed by atoms with Gasteiger partial charge >= 0.3 is 0 Å². The van der Waals surface area contributed by atoms with Crippen LogP contribution < -0.4 is 3.53 Å². The second kappa shape index (κ2) is 4.51. The lowest BCUT2D eigenvalue weighted by atomic mass is 9.93. The molecule has 0 aromatic carbocycles. The number of ether oxygens (including phenoxy) is 1. The van der Waals surface area contributed by atoms with Crippen LogP contribution in [0, 0.1) is 0 Å². The molecule has 10 heavy (non-hydrogen) atoms. The molecule has 1 rings (SSSR count). The van der Waals surface area contributed by atoms with Crippen molar-refractivity contribution >= 4 is 22.9 Å². The topological polar surface area (TPSA) is 21.3 Å². The molecule has 60 valence electrons. The zero-order valence-corrected chi connectivity index (χ0v) is 8.43. The summed E-state index contributed by atoms with van der Waals surface area (Å²) >= 11 is 2.22. The first-order valence-electron chi connectivity index (χ1n) is 3.77. The van der Waals surface area contributed by atoms with Crippen LogP contribution >= 0.6 is 22.9 Å². The van der Waals surface area contributed by atoms with Gasteiger partial charge in [0, 0.05) is 36.0 Å². The zero-order valence-electron chi connectivity index (χ0n) is 6.27. The molecule has 1 aliphatic rings. The van der Waals surface area contributed by atoms with Gasteiger partial charge in [0.1, 0.15) is 0 Å². The van der Waals surface area contributed by atoms with Gasteiger partial charge in [0.25, 0.3) is 0 Å². The normalized spacial score (nSPS) is 34.2. The summed E-state index contributed by atoms with van der Waals surface area (Å²) in [6.45, 7) is 0. The molecular weight excluding hydrogens is 241 g/mol. The summed E-state index contributed by atoms with van der Waals surface area (Å²) in [6, 6.07) is 0.583. The lowest BCUT2D eigenvalue weighted by molar-refractivity contribution is 0.0516. The van der Waals surface area contributed by atoms with Crippen LogP contribution in [0.15, 0.2) is 0 Å². The third-order valence-corrected chi connectivity index (χ3v) is 2.95. The second-order valence-corrected chi connectivity index (χ2v) is 3.40. The van der Waals surface area contributed by atoms with Crippen molar-refractivity contribution in [3.05, 3.63) is 0 Å². The number of methoxy groups -OCH3 is 1. The highest BCUT2D eigenvalue weighted by molar-refractivity contribution is 14.1. The van der Waals surface area contributed by atoms with Crippen LogP contribution in [0.4, 0.5) is 0 Å². The number of rotatable bonds is 2. The first-order valence-corrected chi connectivity index (χ1v) is 4.85. The highest BCUT2D eigenvalue weighted by Crippen LogP contribution is 2.21. The van der Waals surface area contributed by atoms with E-state index in [-0.39, 0.29) is 0 Å². The summed E-state index contributed by atoms with van der Waals surface area (Å²) in [5.74, 6) is 0. The Balaban J connectivity index is 2.34. The van der Waals surface area contributed by atoms with Gasteiger partial charge in [-0.3, -0.25) is 3.53 Å². The summed E-state index contributed by atoms with van der Waals surface area (Å²) < 4.78 is 8.58. The molecular formula is C7H14INO. The molecule has 0 aromatic rings. The van der Waals surface area contributed by atoms with Crippen LogP contribution in [0.2, 0.25) is 0 Å². The third kappa shape index (κ3) is 2.07. The number of hydrogen-bond acceptors (Lipinski definition) is 2. The zero-order chi connectivity index (χ0) is 7.40. The van der Waals surface area contributed by atoms with Crippen molar-refractivity contribution in [2.24, 2.45) is 0 Å². The minimum Gasteiger partial charge on any atom is -0.380 e. The second-order valence-electron chi connectivity index (χ2n) is 2.77. The Morgan fingerprint density at radius 3 is 2.60 bits per heavy atom. The predicted octanol–water partition coefficient (Wildman–Crippen LogP) is 1.88. The van der Waals surface area contributed by atoms with E-state index in [0.717, 1.165) is 0 Å². The predicted molar refractivity (Wildman–Crippen MR) is 50.2 cm³/mol. The van der Waals surface area contributed by atoms with E-state index >= 15 is 0 Å². The van der Waals surface area contributed by atoms with E-state index in [9.17, 15) is 0 Å². The molecule has 0 heterocycles. The minimum absolute atomic E-state index is 0.450. The lowest BCUT2D eigenvalue weighted by Gasteiger charge is -2.28. The van der Waals surface area contributed by atoms with Crippen LogP contribution in [0.25, 0.3) is 0 Å². The van der Waals surface area contributed by atoms with Crippen molar-refractivity contribution in [2.45, 2.75) is 37.8 Å². The molecule has 0 aliphatic heterocycles. The number of hydrogen-bond donors (Lipinski definition) is 1. The van der Waals surface area contributed by atoms with Gasteiger partial charge in [-0.05, 0) is 12.8 Å². The van der Waals surface area contributed by atoms with E-state index in [1.54, 1.807) is 7.11 Å². The molecule has 1 N–H and O–H groups in total. The van der Waals surface area contributed by atoms with E-state index in [0.29, 0.717) is 12.1 Å². The van der Waals surface area contributed by atoms with Gasteiger partial charge in [-0.15, -0.1) is 0 Å². The summed E-state index contributed by atoms with van der Waals surface area (Å²) in [4.78, 5) is 0. The fourth-order valence-electron chi connectivity index (χ4n) is 1.50. The molecule has 0 aromatic heterocycles. The largest absolute Gasteiger partial charge is 0.380 e. The van der Waals surface area contributed by atoms with E-state index in [1.165, 1.54) is 25.7 Å². The maximum atomic E-state index is 5.33. The van der Waals surface area contributed by atoms with Gasteiger partial charge in [0.2, 0.25) is 0 Å². The summed E-state index contributed by atoms with van der Waals surface area (Å²) in [5.41, 5.74) is 0. The Morgan fingerprint density at radius 2 is 2.10 bits per heavy atom. The smallest absolute Gasteiger partial charge is 0.0731 e. The maximum absolute atomic E-state index is 5.33. The molecule has 3 heteroatoms. The van der Waals surface area contributed by atoms with Crippen LogP contribution in [0.3, 0.4) is 0 Å². The Kier molecular flexibility index (Phi) is 3.95. The molecule has 0 spiro atoms. The summed E-state index contributed by atoms with van der Waals surface area (Å²) in [6.07, 6.45) is 5.61. The van der Waals surface area contributed by atoms with E-state index in [2.05, 4.69) is 26.4 Å². The van der Waals surface area contributed by atoms with Crippen molar-refractivity contribution < 1.29 is 4.74 Å². The fraction of sp³-hybridized carbons (Fsp3) is 1.00. The molecule has 0 bridgehead atoms. The Morgan fingerprint density at radius 1 is 1.40 bits per heavy atom. The van der Waals surface area contributed by atoms with Crippen LogP contribution in [0.1, 0.15) is 25.7 Å². The summed E-state index contributed by atoms with van der Waals surface area (Å²) in [5, 5.41) is 0. The van der Waals surface area contributed by atoms with Crippen molar-refractivity contribution in [1.29, 1.82) is 0 Å². The van der Waals surface area contributed by atoms with Crippen molar-refractivity contribution in [3.8, 4) is 0 Å². The van der Waals surface area contributed by atoms with E-state index in [4.69, 9.17) is 4.74 Å². The molecule has 0 radical (unpaired) electrons. The van der Waals surface area contributed by atoms with Crippen LogP contribution in [-0.2, 0) is 4.74 Å². The highest BCUT2D eigenvalue weighted by atomic mass is 127. The molecule has 0 saturated heterocycles. The lowest BCUT2D eigenvalue weighted by Crippen LogP contribution is -2.38. The Labute approximate surface area is 76.2 Å². The van der Waals surface area contributed by atoms with Crippen LogP contribution in [0.5, 0.6) is 0 Å². The molecule has 0 amide bonds. The van der Waals surface area contributed by atoms with Gasteiger partial charge < -0.3 is 4.74 Å².